The molecule has 0 spiro atoms. The van der Waals surface area contributed by atoms with E-state index in [9.17, 15) is 4.79 Å². The van der Waals surface area contributed by atoms with Crippen molar-refractivity contribution in [3.05, 3.63) is 76.9 Å². The second-order valence-electron chi connectivity index (χ2n) is 7.13. The summed E-state index contributed by atoms with van der Waals surface area (Å²) in [5.41, 5.74) is 4.59. The number of hydroxylamine groups is 1. The molecule has 178 valence electrons. The third-order valence-electron chi connectivity index (χ3n) is 5.05. The molecule has 0 aliphatic carbocycles. The molecule has 3 rings (SSSR count). The standard InChI is InChI=1S/C26H27NO7/c1-30-21-12-9-17(5-6-19-14-23(31-2)25(33-4)24(15-19)32-3)13-22(21)34-16-18-7-10-20(11-8-18)26(28)27-29/h5-15,29H,16H2,1-4H3,(H,27,28). The summed E-state index contributed by atoms with van der Waals surface area (Å²) in [6.07, 6.45) is 3.87. The predicted molar refractivity (Wildman–Crippen MR) is 128 cm³/mol. The number of amides is 1. The van der Waals surface area contributed by atoms with Crippen LogP contribution in [0, 0.1) is 0 Å². The van der Waals surface area contributed by atoms with Gasteiger partial charge in [-0.05, 0) is 53.1 Å². The highest BCUT2D eigenvalue weighted by Crippen LogP contribution is 2.38. The van der Waals surface area contributed by atoms with Crippen molar-refractivity contribution in [1.29, 1.82) is 0 Å². The monoisotopic (exact) mass is 465 g/mol. The Balaban J connectivity index is 1.79. The SMILES string of the molecule is COc1ccc(C=Cc2cc(OC)c(OC)c(OC)c2)cc1OCc1ccc(C(=O)NO)cc1. The van der Waals surface area contributed by atoms with Crippen molar-refractivity contribution in [2.75, 3.05) is 28.4 Å². The largest absolute Gasteiger partial charge is 0.493 e. The third kappa shape index (κ3) is 5.79. The van der Waals surface area contributed by atoms with Crippen LogP contribution in [0.3, 0.4) is 0 Å². The number of benzene rings is 3. The Morgan fingerprint density at radius 2 is 1.35 bits per heavy atom. The number of carbonyl (C=O) groups is 1. The first-order valence-electron chi connectivity index (χ1n) is 10.3. The van der Waals surface area contributed by atoms with Gasteiger partial charge in [0.1, 0.15) is 6.61 Å². The van der Waals surface area contributed by atoms with Crippen LogP contribution in [-0.4, -0.2) is 39.6 Å². The molecule has 2 N–H and O–H groups in total. The summed E-state index contributed by atoms with van der Waals surface area (Å²) in [7, 11) is 6.30. The van der Waals surface area contributed by atoms with Gasteiger partial charge in [0.05, 0.1) is 28.4 Å². The average molecular weight is 466 g/mol. The van der Waals surface area contributed by atoms with E-state index in [4.69, 9.17) is 28.9 Å². The van der Waals surface area contributed by atoms with Crippen molar-refractivity contribution in [3.63, 3.8) is 0 Å². The van der Waals surface area contributed by atoms with Gasteiger partial charge in [0.25, 0.3) is 5.91 Å². The van der Waals surface area contributed by atoms with E-state index in [1.165, 1.54) is 0 Å². The molecule has 0 unspecified atom stereocenters. The van der Waals surface area contributed by atoms with Gasteiger partial charge >= 0.3 is 0 Å². The molecule has 0 saturated carbocycles. The van der Waals surface area contributed by atoms with Crippen LogP contribution in [-0.2, 0) is 6.61 Å². The minimum Gasteiger partial charge on any atom is -0.493 e. The van der Waals surface area contributed by atoms with E-state index in [-0.39, 0.29) is 6.61 Å². The lowest BCUT2D eigenvalue weighted by Crippen LogP contribution is -2.18. The highest BCUT2D eigenvalue weighted by atomic mass is 16.5. The molecule has 0 aliphatic heterocycles. The second kappa shape index (κ2) is 11.6. The van der Waals surface area contributed by atoms with Crippen molar-refractivity contribution in [1.82, 2.24) is 5.48 Å². The Morgan fingerprint density at radius 3 is 1.91 bits per heavy atom. The van der Waals surface area contributed by atoms with Crippen LogP contribution in [0.1, 0.15) is 27.0 Å². The van der Waals surface area contributed by atoms with E-state index in [0.29, 0.717) is 34.3 Å². The summed E-state index contributed by atoms with van der Waals surface area (Å²) in [5, 5.41) is 8.72. The quantitative estimate of drug-likeness (QED) is 0.257. The van der Waals surface area contributed by atoms with Crippen LogP contribution in [0.25, 0.3) is 12.2 Å². The van der Waals surface area contributed by atoms with Crippen LogP contribution in [0.4, 0.5) is 0 Å². The Kier molecular flexibility index (Phi) is 8.37. The van der Waals surface area contributed by atoms with Gasteiger partial charge in [-0.15, -0.1) is 0 Å². The van der Waals surface area contributed by atoms with Gasteiger partial charge in [-0.3, -0.25) is 10.0 Å². The molecule has 0 atom stereocenters. The molecule has 0 aliphatic rings. The van der Waals surface area contributed by atoms with Gasteiger partial charge in [0.2, 0.25) is 5.75 Å². The summed E-state index contributed by atoms with van der Waals surface area (Å²) in [6.45, 7) is 0.275. The van der Waals surface area contributed by atoms with Crippen LogP contribution >= 0.6 is 0 Å². The first kappa shape index (κ1) is 24.5. The molecule has 0 heterocycles. The molecule has 3 aromatic carbocycles. The van der Waals surface area contributed by atoms with E-state index < -0.39 is 5.91 Å². The van der Waals surface area contributed by atoms with Gasteiger partial charge in [-0.2, -0.15) is 0 Å². The van der Waals surface area contributed by atoms with Gasteiger partial charge in [-0.1, -0.05) is 30.4 Å². The molecule has 0 radical (unpaired) electrons. The predicted octanol–water partition coefficient (Wildman–Crippen LogP) is 4.59. The normalized spacial score (nSPS) is 10.6. The molecule has 0 aromatic heterocycles. The fraction of sp³-hybridized carbons (Fsp3) is 0.192. The molecule has 1 amide bonds. The number of ether oxygens (including phenoxy) is 5. The first-order valence-corrected chi connectivity index (χ1v) is 10.3. The first-order chi connectivity index (χ1) is 16.5. The highest BCUT2D eigenvalue weighted by molar-refractivity contribution is 5.93. The fourth-order valence-corrected chi connectivity index (χ4v) is 3.28. The number of carbonyl (C=O) groups excluding carboxylic acids is 1. The zero-order valence-corrected chi connectivity index (χ0v) is 19.5. The molecule has 3 aromatic rings. The molecule has 8 nitrogen and oxygen atoms in total. The molecular formula is C26H27NO7. The number of methoxy groups -OCH3 is 4. The smallest absolute Gasteiger partial charge is 0.274 e. The van der Waals surface area contributed by atoms with Crippen LogP contribution in [0.2, 0.25) is 0 Å². The van der Waals surface area contributed by atoms with E-state index in [1.807, 2.05) is 42.5 Å². The number of rotatable bonds is 10. The van der Waals surface area contributed by atoms with Gasteiger partial charge < -0.3 is 23.7 Å². The lowest BCUT2D eigenvalue weighted by molar-refractivity contribution is 0.0706. The summed E-state index contributed by atoms with van der Waals surface area (Å²) < 4.78 is 27.6. The topological polar surface area (TPSA) is 95.5 Å². The van der Waals surface area contributed by atoms with Crippen molar-refractivity contribution < 1.29 is 33.7 Å². The Morgan fingerprint density at radius 1 is 0.765 bits per heavy atom. The van der Waals surface area contributed by atoms with E-state index in [0.717, 1.165) is 16.7 Å². The second-order valence-corrected chi connectivity index (χ2v) is 7.13. The van der Waals surface area contributed by atoms with Crippen LogP contribution in [0.15, 0.2) is 54.6 Å². The zero-order chi connectivity index (χ0) is 24.5. The number of nitrogens with one attached hydrogen (secondary N) is 1. The van der Waals surface area contributed by atoms with Gasteiger partial charge in [0.15, 0.2) is 23.0 Å². The zero-order valence-electron chi connectivity index (χ0n) is 19.5. The minimum absolute atomic E-state index is 0.275. The molecule has 8 heteroatoms. The van der Waals surface area contributed by atoms with Gasteiger partial charge in [0, 0.05) is 5.56 Å². The molecule has 0 bridgehead atoms. The fourth-order valence-electron chi connectivity index (χ4n) is 3.28. The summed E-state index contributed by atoms with van der Waals surface area (Å²) >= 11 is 0. The van der Waals surface area contributed by atoms with Gasteiger partial charge in [-0.25, -0.2) is 5.48 Å². The highest BCUT2D eigenvalue weighted by Gasteiger charge is 2.12. The van der Waals surface area contributed by atoms with Crippen molar-refractivity contribution in [2.24, 2.45) is 0 Å². The maximum Gasteiger partial charge on any atom is 0.274 e. The number of hydrogen-bond acceptors (Lipinski definition) is 7. The van der Waals surface area contributed by atoms with Crippen molar-refractivity contribution >= 4 is 18.1 Å². The summed E-state index contributed by atoms with van der Waals surface area (Å²) in [5.74, 6) is 2.28. The lowest BCUT2D eigenvalue weighted by Gasteiger charge is -2.13. The van der Waals surface area contributed by atoms with Crippen LogP contribution < -0.4 is 29.2 Å². The lowest BCUT2D eigenvalue weighted by atomic mass is 10.1. The van der Waals surface area contributed by atoms with Crippen LogP contribution in [0.5, 0.6) is 28.7 Å². The molecule has 0 saturated heterocycles. The maximum atomic E-state index is 11.5. The van der Waals surface area contributed by atoms with E-state index in [2.05, 4.69) is 0 Å². The Bertz CT molecular complexity index is 1130. The van der Waals surface area contributed by atoms with Crippen molar-refractivity contribution in [3.8, 4) is 28.7 Å². The summed E-state index contributed by atoms with van der Waals surface area (Å²) in [4.78, 5) is 11.5. The maximum absolute atomic E-state index is 11.5. The summed E-state index contributed by atoms with van der Waals surface area (Å²) in [6, 6.07) is 16.1. The third-order valence-corrected chi connectivity index (χ3v) is 5.05. The van der Waals surface area contributed by atoms with E-state index >= 15 is 0 Å². The van der Waals surface area contributed by atoms with Crippen molar-refractivity contribution in [2.45, 2.75) is 6.61 Å². The Labute approximate surface area is 198 Å². The molecule has 34 heavy (non-hydrogen) atoms. The Hall–Kier alpha value is -4.17. The molecule has 0 fully saturated rings. The number of hydrogen-bond donors (Lipinski definition) is 2. The molecular weight excluding hydrogens is 438 g/mol. The minimum atomic E-state index is -0.569. The average Bonchev–Trinajstić information content (AvgIpc) is 2.89. The van der Waals surface area contributed by atoms with E-state index in [1.54, 1.807) is 58.2 Å².